The van der Waals surface area contributed by atoms with E-state index in [0.29, 0.717) is 6.04 Å². The first-order valence-corrected chi connectivity index (χ1v) is 5.57. The first kappa shape index (κ1) is 10.5. The molecule has 1 aromatic heterocycles. The molecule has 0 aliphatic heterocycles. The van der Waals surface area contributed by atoms with E-state index in [1.807, 2.05) is 17.4 Å². The zero-order chi connectivity index (χ0) is 9.68. The van der Waals surface area contributed by atoms with Gasteiger partial charge in [-0.3, -0.25) is 0 Å². The molecule has 0 aliphatic carbocycles. The SMILES string of the molecule is C=CC(C)NCc1sccc1CC. The zero-order valence-corrected chi connectivity index (χ0v) is 9.16. The molecule has 2 heteroatoms. The van der Waals surface area contributed by atoms with Gasteiger partial charge in [0.05, 0.1) is 0 Å². The maximum Gasteiger partial charge on any atom is 0.0307 e. The Hall–Kier alpha value is -0.600. The van der Waals surface area contributed by atoms with Crippen molar-refractivity contribution in [2.75, 3.05) is 0 Å². The van der Waals surface area contributed by atoms with Crippen LogP contribution in [-0.4, -0.2) is 6.04 Å². The lowest BCUT2D eigenvalue weighted by atomic mass is 10.2. The average molecular weight is 195 g/mol. The van der Waals surface area contributed by atoms with Crippen molar-refractivity contribution in [1.29, 1.82) is 0 Å². The van der Waals surface area contributed by atoms with Gasteiger partial charge in [0.15, 0.2) is 0 Å². The Balaban J connectivity index is 2.48. The molecule has 0 saturated carbocycles. The standard InChI is InChI=1S/C11H17NS/c1-4-9(3)12-8-11-10(5-2)6-7-13-11/h4,6-7,9,12H,1,5,8H2,2-3H3. The summed E-state index contributed by atoms with van der Waals surface area (Å²) in [5, 5.41) is 5.56. The topological polar surface area (TPSA) is 12.0 Å². The van der Waals surface area contributed by atoms with Crippen LogP contribution in [0.3, 0.4) is 0 Å². The van der Waals surface area contributed by atoms with E-state index in [4.69, 9.17) is 0 Å². The molecule has 1 heterocycles. The van der Waals surface area contributed by atoms with Crippen LogP contribution in [0.5, 0.6) is 0 Å². The highest BCUT2D eigenvalue weighted by Crippen LogP contribution is 2.16. The van der Waals surface area contributed by atoms with Gasteiger partial charge in [0.25, 0.3) is 0 Å². The fraction of sp³-hybridized carbons (Fsp3) is 0.455. The summed E-state index contributed by atoms with van der Waals surface area (Å²) < 4.78 is 0. The van der Waals surface area contributed by atoms with Gasteiger partial charge < -0.3 is 5.32 Å². The largest absolute Gasteiger partial charge is 0.306 e. The summed E-state index contributed by atoms with van der Waals surface area (Å²) in [7, 11) is 0. The second-order valence-electron chi connectivity index (χ2n) is 3.13. The number of nitrogens with one attached hydrogen (secondary N) is 1. The van der Waals surface area contributed by atoms with Crippen LogP contribution in [0.1, 0.15) is 24.3 Å². The molecule has 0 amide bonds. The molecular formula is C11H17NS. The number of thiophene rings is 1. The minimum atomic E-state index is 0.395. The normalized spacial score (nSPS) is 12.8. The van der Waals surface area contributed by atoms with Crippen LogP contribution in [0, 0.1) is 0 Å². The molecule has 0 fully saturated rings. The van der Waals surface area contributed by atoms with Crippen LogP contribution in [0.25, 0.3) is 0 Å². The predicted octanol–water partition coefficient (Wildman–Crippen LogP) is 2.97. The molecule has 72 valence electrons. The van der Waals surface area contributed by atoms with Gasteiger partial charge >= 0.3 is 0 Å². The number of hydrogen-bond donors (Lipinski definition) is 1. The van der Waals surface area contributed by atoms with Crippen molar-refractivity contribution in [2.45, 2.75) is 32.9 Å². The van der Waals surface area contributed by atoms with Crippen LogP contribution < -0.4 is 5.32 Å². The lowest BCUT2D eigenvalue weighted by Crippen LogP contribution is -2.22. The van der Waals surface area contributed by atoms with Crippen LogP contribution >= 0.6 is 11.3 Å². The van der Waals surface area contributed by atoms with Crippen molar-refractivity contribution >= 4 is 11.3 Å². The van der Waals surface area contributed by atoms with E-state index >= 15 is 0 Å². The summed E-state index contributed by atoms with van der Waals surface area (Å²) >= 11 is 1.83. The lowest BCUT2D eigenvalue weighted by Gasteiger charge is -2.08. The van der Waals surface area contributed by atoms with E-state index in [1.165, 1.54) is 10.4 Å². The monoisotopic (exact) mass is 195 g/mol. The Labute approximate surface area is 84.5 Å². The highest BCUT2D eigenvalue weighted by molar-refractivity contribution is 7.10. The Bertz CT molecular complexity index is 265. The molecule has 0 aromatic carbocycles. The summed E-state index contributed by atoms with van der Waals surface area (Å²) in [5.74, 6) is 0. The van der Waals surface area contributed by atoms with E-state index in [2.05, 4.69) is 37.2 Å². The quantitative estimate of drug-likeness (QED) is 0.712. The molecule has 1 nitrogen and oxygen atoms in total. The van der Waals surface area contributed by atoms with Crippen molar-refractivity contribution in [1.82, 2.24) is 5.32 Å². The first-order chi connectivity index (χ1) is 6.27. The first-order valence-electron chi connectivity index (χ1n) is 4.69. The molecule has 1 aromatic rings. The maximum absolute atomic E-state index is 3.74. The minimum absolute atomic E-state index is 0.395. The molecule has 1 atom stereocenters. The van der Waals surface area contributed by atoms with E-state index in [9.17, 15) is 0 Å². The van der Waals surface area contributed by atoms with Crippen LogP contribution in [0.15, 0.2) is 24.1 Å². The molecule has 1 rings (SSSR count). The summed E-state index contributed by atoms with van der Waals surface area (Å²) in [4.78, 5) is 1.45. The van der Waals surface area contributed by atoms with E-state index in [0.717, 1.165) is 13.0 Å². The fourth-order valence-corrected chi connectivity index (χ4v) is 2.10. The molecule has 0 aliphatic rings. The van der Waals surface area contributed by atoms with Gasteiger partial charge in [-0.1, -0.05) is 13.0 Å². The maximum atomic E-state index is 3.74. The average Bonchev–Trinajstić information content (AvgIpc) is 2.61. The van der Waals surface area contributed by atoms with Crippen LogP contribution in [-0.2, 0) is 13.0 Å². The van der Waals surface area contributed by atoms with Gasteiger partial charge in [-0.15, -0.1) is 17.9 Å². The fourth-order valence-electron chi connectivity index (χ4n) is 1.17. The molecular weight excluding hydrogens is 178 g/mol. The lowest BCUT2D eigenvalue weighted by molar-refractivity contribution is 0.637. The van der Waals surface area contributed by atoms with Crippen molar-refractivity contribution in [3.05, 3.63) is 34.5 Å². The van der Waals surface area contributed by atoms with Crippen molar-refractivity contribution in [3.63, 3.8) is 0 Å². The molecule has 0 radical (unpaired) electrons. The Morgan fingerprint density at radius 2 is 2.46 bits per heavy atom. The molecule has 0 bridgehead atoms. The van der Waals surface area contributed by atoms with E-state index in [1.54, 1.807) is 0 Å². The van der Waals surface area contributed by atoms with Crippen LogP contribution in [0.4, 0.5) is 0 Å². The van der Waals surface area contributed by atoms with Crippen LogP contribution in [0.2, 0.25) is 0 Å². The summed E-state index contributed by atoms with van der Waals surface area (Å²) in [6, 6.07) is 2.60. The van der Waals surface area contributed by atoms with Gasteiger partial charge in [-0.05, 0) is 30.4 Å². The molecule has 1 N–H and O–H groups in total. The molecule has 0 spiro atoms. The number of aryl methyl sites for hydroxylation is 1. The number of hydrogen-bond acceptors (Lipinski definition) is 2. The third kappa shape index (κ3) is 2.98. The van der Waals surface area contributed by atoms with Crippen molar-refractivity contribution in [2.24, 2.45) is 0 Å². The van der Waals surface area contributed by atoms with E-state index < -0.39 is 0 Å². The Kier molecular flexibility index (Phi) is 4.19. The Morgan fingerprint density at radius 1 is 1.69 bits per heavy atom. The summed E-state index contributed by atoms with van der Waals surface area (Å²) in [5.41, 5.74) is 1.47. The summed E-state index contributed by atoms with van der Waals surface area (Å²) in [6.45, 7) is 9.02. The summed E-state index contributed by atoms with van der Waals surface area (Å²) in [6.07, 6.45) is 3.06. The van der Waals surface area contributed by atoms with Gasteiger partial charge in [-0.2, -0.15) is 0 Å². The highest BCUT2D eigenvalue weighted by atomic mass is 32.1. The van der Waals surface area contributed by atoms with Gasteiger partial charge in [0.1, 0.15) is 0 Å². The third-order valence-electron chi connectivity index (χ3n) is 2.16. The predicted molar refractivity (Wildman–Crippen MR) is 60.2 cm³/mol. The second-order valence-corrected chi connectivity index (χ2v) is 4.13. The van der Waals surface area contributed by atoms with Crippen molar-refractivity contribution < 1.29 is 0 Å². The van der Waals surface area contributed by atoms with Gasteiger partial charge in [0, 0.05) is 17.5 Å². The number of rotatable bonds is 5. The third-order valence-corrected chi connectivity index (χ3v) is 3.12. The van der Waals surface area contributed by atoms with Gasteiger partial charge in [-0.25, -0.2) is 0 Å². The highest BCUT2D eigenvalue weighted by Gasteiger charge is 2.02. The minimum Gasteiger partial charge on any atom is -0.306 e. The molecule has 1 unspecified atom stereocenters. The van der Waals surface area contributed by atoms with E-state index in [-0.39, 0.29) is 0 Å². The molecule has 0 saturated heterocycles. The smallest absolute Gasteiger partial charge is 0.0307 e. The van der Waals surface area contributed by atoms with Gasteiger partial charge in [0.2, 0.25) is 0 Å². The zero-order valence-electron chi connectivity index (χ0n) is 8.34. The van der Waals surface area contributed by atoms with Crippen molar-refractivity contribution in [3.8, 4) is 0 Å². The second kappa shape index (κ2) is 5.20. The molecule has 13 heavy (non-hydrogen) atoms. The Morgan fingerprint density at radius 3 is 3.08 bits per heavy atom.